The fourth-order valence-electron chi connectivity index (χ4n) is 2.64. The molecule has 1 aromatic carbocycles. The predicted octanol–water partition coefficient (Wildman–Crippen LogP) is 2.92. The molecule has 0 saturated heterocycles. The van der Waals surface area contributed by atoms with E-state index in [2.05, 4.69) is 9.97 Å². The van der Waals surface area contributed by atoms with Crippen LogP contribution in [0.1, 0.15) is 19.3 Å². The van der Waals surface area contributed by atoms with Crippen molar-refractivity contribution in [1.29, 1.82) is 0 Å². The molecule has 2 unspecified atom stereocenters. The Hall–Kier alpha value is -1.69. The van der Waals surface area contributed by atoms with Gasteiger partial charge in [0.05, 0.1) is 24.1 Å². The molecule has 2 N–H and O–H groups in total. The van der Waals surface area contributed by atoms with Crippen molar-refractivity contribution < 1.29 is 14.6 Å². The highest BCUT2D eigenvalue weighted by Gasteiger charge is 2.34. The van der Waals surface area contributed by atoms with Crippen LogP contribution in [0.5, 0.6) is 5.75 Å². The number of imidazole rings is 1. The maximum absolute atomic E-state index is 11.2. The van der Waals surface area contributed by atoms with E-state index in [1.54, 1.807) is 7.11 Å². The zero-order chi connectivity index (χ0) is 14.1. The van der Waals surface area contributed by atoms with Gasteiger partial charge in [-0.2, -0.15) is 0 Å². The Kier molecular flexibility index (Phi) is 3.56. The van der Waals surface area contributed by atoms with Crippen LogP contribution >= 0.6 is 11.8 Å². The van der Waals surface area contributed by atoms with E-state index in [4.69, 9.17) is 4.74 Å². The smallest absolute Gasteiger partial charge is 0.307 e. The molecule has 1 aromatic heterocycles. The van der Waals surface area contributed by atoms with E-state index in [0.717, 1.165) is 41.2 Å². The summed E-state index contributed by atoms with van der Waals surface area (Å²) in [6.45, 7) is 0. The predicted molar refractivity (Wildman–Crippen MR) is 77.3 cm³/mol. The summed E-state index contributed by atoms with van der Waals surface area (Å²) in [6.07, 6.45) is 2.67. The van der Waals surface area contributed by atoms with Gasteiger partial charge < -0.3 is 14.8 Å². The lowest BCUT2D eigenvalue weighted by Gasteiger charge is -2.12. The molecule has 106 valence electrons. The van der Waals surface area contributed by atoms with Crippen LogP contribution in [-0.4, -0.2) is 33.4 Å². The van der Waals surface area contributed by atoms with Gasteiger partial charge in [0.15, 0.2) is 5.16 Å². The van der Waals surface area contributed by atoms with Crippen molar-refractivity contribution >= 4 is 28.8 Å². The molecule has 0 spiro atoms. The average Bonchev–Trinajstić information content (AvgIpc) is 3.03. The standard InChI is InChI=1S/C14H16N2O3S/c1-19-8-5-6-10-11(7-8)16-14(15-10)20-12-4-2-3-9(12)13(17)18/h5-7,9,12H,2-4H2,1H3,(H,15,16)(H,17,18). The third-order valence-electron chi connectivity index (χ3n) is 3.70. The summed E-state index contributed by atoms with van der Waals surface area (Å²) in [6, 6.07) is 5.67. The quantitative estimate of drug-likeness (QED) is 0.906. The fourth-order valence-corrected chi connectivity index (χ4v) is 3.95. The number of benzene rings is 1. The number of nitrogens with zero attached hydrogens (tertiary/aromatic N) is 1. The molecule has 1 aliphatic carbocycles. The molecule has 2 aromatic rings. The number of aliphatic carboxylic acids is 1. The van der Waals surface area contributed by atoms with E-state index in [1.807, 2.05) is 18.2 Å². The lowest BCUT2D eigenvalue weighted by atomic mass is 10.1. The van der Waals surface area contributed by atoms with Crippen LogP contribution in [0.3, 0.4) is 0 Å². The summed E-state index contributed by atoms with van der Waals surface area (Å²) in [7, 11) is 1.63. The zero-order valence-corrected chi connectivity index (χ0v) is 11.9. The molecule has 0 bridgehead atoms. The highest BCUT2D eigenvalue weighted by atomic mass is 32.2. The topological polar surface area (TPSA) is 75.2 Å². The van der Waals surface area contributed by atoms with Crippen LogP contribution in [0.2, 0.25) is 0 Å². The van der Waals surface area contributed by atoms with Gasteiger partial charge >= 0.3 is 5.97 Å². The Bertz CT molecular complexity index is 640. The first kappa shape index (κ1) is 13.3. The minimum atomic E-state index is -0.696. The van der Waals surface area contributed by atoms with Gasteiger partial charge in [-0.05, 0) is 25.0 Å². The van der Waals surface area contributed by atoms with E-state index in [1.165, 1.54) is 11.8 Å². The number of methoxy groups -OCH3 is 1. The van der Waals surface area contributed by atoms with Crippen molar-refractivity contribution in [3.8, 4) is 5.75 Å². The van der Waals surface area contributed by atoms with Gasteiger partial charge in [0, 0.05) is 11.3 Å². The Morgan fingerprint density at radius 2 is 2.35 bits per heavy atom. The van der Waals surface area contributed by atoms with Crippen LogP contribution in [-0.2, 0) is 4.79 Å². The summed E-state index contributed by atoms with van der Waals surface area (Å²) < 4.78 is 5.18. The summed E-state index contributed by atoms with van der Waals surface area (Å²) in [5.41, 5.74) is 1.79. The molecule has 20 heavy (non-hydrogen) atoms. The van der Waals surface area contributed by atoms with Crippen molar-refractivity contribution in [3.05, 3.63) is 18.2 Å². The maximum atomic E-state index is 11.2. The number of carbonyl (C=O) groups is 1. The number of ether oxygens (including phenoxy) is 1. The number of H-pyrrole nitrogens is 1. The highest BCUT2D eigenvalue weighted by Crippen LogP contribution is 2.38. The second kappa shape index (κ2) is 5.36. The third kappa shape index (κ3) is 2.47. The molecular formula is C14H16N2O3S. The van der Waals surface area contributed by atoms with E-state index in [-0.39, 0.29) is 11.2 Å². The molecule has 1 heterocycles. The first-order valence-corrected chi connectivity index (χ1v) is 7.48. The highest BCUT2D eigenvalue weighted by molar-refractivity contribution is 7.99. The number of thioether (sulfide) groups is 1. The molecule has 1 fully saturated rings. The summed E-state index contributed by atoms with van der Waals surface area (Å²) >= 11 is 1.54. The number of hydrogen-bond acceptors (Lipinski definition) is 4. The van der Waals surface area contributed by atoms with Crippen molar-refractivity contribution in [2.75, 3.05) is 7.11 Å². The van der Waals surface area contributed by atoms with Gasteiger partial charge in [-0.25, -0.2) is 4.98 Å². The summed E-state index contributed by atoms with van der Waals surface area (Å²) in [5.74, 6) is -0.178. The van der Waals surface area contributed by atoms with Gasteiger partial charge in [0.25, 0.3) is 0 Å². The second-order valence-corrected chi connectivity index (χ2v) is 6.18. The average molecular weight is 292 g/mol. The number of aromatic nitrogens is 2. The van der Waals surface area contributed by atoms with Crippen molar-refractivity contribution in [2.45, 2.75) is 29.7 Å². The van der Waals surface area contributed by atoms with Crippen molar-refractivity contribution in [3.63, 3.8) is 0 Å². The molecule has 1 saturated carbocycles. The van der Waals surface area contributed by atoms with Crippen molar-refractivity contribution in [1.82, 2.24) is 9.97 Å². The fraction of sp³-hybridized carbons (Fsp3) is 0.429. The van der Waals surface area contributed by atoms with Crippen LogP contribution in [0.25, 0.3) is 11.0 Å². The Morgan fingerprint density at radius 3 is 3.10 bits per heavy atom. The third-order valence-corrected chi connectivity index (χ3v) is 4.98. The van der Waals surface area contributed by atoms with E-state index in [9.17, 15) is 9.90 Å². The van der Waals surface area contributed by atoms with E-state index < -0.39 is 5.97 Å². The van der Waals surface area contributed by atoms with Crippen molar-refractivity contribution in [2.24, 2.45) is 5.92 Å². The van der Waals surface area contributed by atoms with Gasteiger partial charge in [0.1, 0.15) is 5.75 Å². The Morgan fingerprint density at radius 1 is 1.50 bits per heavy atom. The van der Waals surface area contributed by atoms with E-state index in [0.29, 0.717) is 0 Å². The molecular weight excluding hydrogens is 276 g/mol. The molecule has 3 rings (SSSR count). The monoisotopic (exact) mass is 292 g/mol. The van der Waals surface area contributed by atoms with E-state index >= 15 is 0 Å². The molecule has 0 radical (unpaired) electrons. The zero-order valence-electron chi connectivity index (χ0n) is 11.1. The maximum Gasteiger partial charge on any atom is 0.307 e. The number of hydrogen-bond donors (Lipinski definition) is 2. The largest absolute Gasteiger partial charge is 0.497 e. The van der Waals surface area contributed by atoms with Gasteiger partial charge in [-0.1, -0.05) is 18.2 Å². The van der Waals surface area contributed by atoms with Gasteiger partial charge in [-0.15, -0.1) is 0 Å². The number of aromatic amines is 1. The minimum Gasteiger partial charge on any atom is -0.497 e. The van der Waals surface area contributed by atoms with Crippen LogP contribution in [0.15, 0.2) is 23.4 Å². The molecule has 5 nitrogen and oxygen atoms in total. The molecule has 6 heteroatoms. The van der Waals surface area contributed by atoms with Crippen LogP contribution in [0.4, 0.5) is 0 Å². The van der Waals surface area contributed by atoms with Gasteiger partial charge in [0.2, 0.25) is 0 Å². The number of carboxylic acid groups (broad SMARTS) is 1. The van der Waals surface area contributed by atoms with Gasteiger partial charge in [-0.3, -0.25) is 4.79 Å². The molecule has 0 aliphatic heterocycles. The number of nitrogens with one attached hydrogen (secondary N) is 1. The molecule has 1 aliphatic rings. The Balaban J connectivity index is 1.82. The number of carboxylic acids is 1. The lowest BCUT2D eigenvalue weighted by Crippen LogP contribution is -2.20. The molecule has 0 amide bonds. The molecule has 2 atom stereocenters. The normalized spacial score (nSPS) is 22.2. The second-order valence-electron chi connectivity index (χ2n) is 4.96. The Labute approximate surface area is 120 Å². The first-order chi connectivity index (χ1) is 9.67. The summed E-state index contributed by atoms with van der Waals surface area (Å²) in [4.78, 5) is 18.9. The number of rotatable bonds is 4. The number of fused-ring (bicyclic) bond motifs is 1. The minimum absolute atomic E-state index is 0.106. The summed E-state index contributed by atoms with van der Waals surface area (Å²) in [5, 5.41) is 10.1. The van der Waals surface area contributed by atoms with Crippen LogP contribution < -0.4 is 4.74 Å². The SMILES string of the molecule is COc1ccc2nc(SC3CCCC3C(=O)O)[nH]c2c1. The first-order valence-electron chi connectivity index (χ1n) is 6.60. The lowest BCUT2D eigenvalue weighted by molar-refractivity contribution is -0.141. The van der Waals surface area contributed by atoms with Crippen LogP contribution in [0, 0.1) is 5.92 Å².